The monoisotopic (exact) mass is 539 g/mol. The Morgan fingerprint density at radius 3 is 2.74 bits per heavy atom. The number of nitrogens with zero attached hydrogens (tertiary/aromatic N) is 5. The van der Waals surface area contributed by atoms with Gasteiger partial charge in [-0.15, -0.1) is 0 Å². The van der Waals surface area contributed by atoms with E-state index in [4.69, 9.17) is 25.0 Å². The van der Waals surface area contributed by atoms with Crippen LogP contribution in [-0.2, 0) is 14.4 Å². The number of amides is 1. The molecule has 12 heteroatoms. The van der Waals surface area contributed by atoms with Crippen molar-refractivity contribution in [1.29, 1.82) is 0 Å². The highest BCUT2D eigenvalue weighted by Gasteiger charge is 2.39. The first-order chi connectivity index (χ1) is 18.7. The van der Waals surface area contributed by atoms with Crippen LogP contribution in [0.3, 0.4) is 0 Å². The number of likely N-dealkylation sites (N-methyl/N-ethyl adjacent to an activating group) is 1. The molecule has 208 valence electrons. The Morgan fingerprint density at radius 2 is 2.03 bits per heavy atom. The van der Waals surface area contributed by atoms with Gasteiger partial charge in [0, 0.05) is 51.6 Å². The van der Waals surface area contributed by atoms with E-state index in [1.165, 1.54) is 24.1 Å². The zero-order valence-electron chi connectivity index (χ0n) is 22.7. The quantitative estimate of drug-likeness (QED) is 0.468. The van der Waals surface area contributed by atoms with Crippen LogP contribution in [0.1, 0.15) is 31.4 Å². The Bertz CT molecular complexity index is 1300. The Hall–Kier alpha value is -3.90. The number of halogens is 1. The molecule has 4 atom stereocenters. The molecular weight excluding hydrogens is 505 g/mol. The predicted octanol–water partition coefficient (Wildman–Crippen LogP) is 2.53. The fourth-order valence-corrected chi connectivity index (χ4v) is 4.78. The molecule has 1 aromatic heterocycles. The topological polar surface area (TPSA) is 136 Å². The molecule has 0 fully saturated rings. The van der Waals surface area contributed by atoms with Gasteiger partial charge in [-0.05, 0) is 37.1 Å². The number of aliphatic imine (C=N–C) groups is 3. The lowest BCUT2D eigenvalue weighted by atomic mass is 9.82. The molecule has 1 aromatic carbocycles. The minimum Gasteiger partial charge on any atom is -0.481 e. The minimum absolute atomic E-state index is 0.184. The number of rotatable bonds is 9. The highest BCUT2D eigenvalue weighted by atomic mass is 19.1. The standard InChI is InChI=1S/C27H34FN7O4/c1-15-24-21(33-27(29)30-15)14-20(32-25(24)34-39-22(11-12-37-4)26(36)35(2)3)17-10-9-16(28)13-18(17)19-7-6-8-23(31-19)38-5/h6-10,13,20-22,24H,11-12,14H2,1-5H3,(H2,29,33)(H,32,34)/t20?,21-,22?,24?/m1/s1. The van der Waals surface area contributed by atoms with E-state index in [9.17, 15) is 9.18 Å². The van der Waals surface area contributed by atoms with Gasteiger partial charge in [0.2, 0.25) is 11.8 Å². The number of hydrogen-bond donors (Lipinski definition) is 2. The van der Waals surface area contributed by atoms with Gasteiger partial charge in [-0.25, -0.2) is 19.4 Å². The summed E-state index contributed by atoms with van der Waals surface area (Å²) in [7, 11) is 6.41. The van der Waals surface area contributed by atoms with Gasteiger partial charge in [0.1, 0.15) is 11.7 Å². The van der Waals surface area contributed by atoms with Crippen molar-refractivity contribution in [3.05, 3.63) is 47.8 Å². The predicted molar refractivity (Wildman–Crippen MR) is 146 cm³/mol. The van der Waals surface area contributed by atoms with Crippen molar-refractivity contribution < 1.29 is 23.5 Å². The van der Waals surface area contributed by atoms with Crippen LogP contribution in [-0.4, -0.2) is 80.4 Å². The Labute approximate surface area is 226 Å². The van der Waals surface area contributed by atoms with E-state index in [1.807, 2.05) is 6.92 Å². The maximum absolute atomic E-state index is 14.5. The summed E-state index contributed by atoms with van der Waals surface area (Å²) in [4.78, 5) is 38.5. The average Bonchev–Trinajstić information content (AvgIpc) is 2.92. The van der Waals surface area contributed by atoms with Gasteiger partial charge in [0.25, 0.3) is 5.91 Å². The molecule has 0 radical (unpaired) electrons. The molecule has 39 heavy (non-hydrogen) atoms. The second kappa shape index (κ2) is 12.3. The van der Waals surface area contributed by atoms with E-state index in [1.54, 1.807) is 45.5 Å². The minimum atomic E-state index is -0.807. The second-order valence-corrected chi connectivity index (χ2v) is 9.57. The van der Waals surface area contributed by atoms with Gasteiger partial charge in [0.05, 0.1) is 30.8 Å². The molecule has 2 aliphatic heterocycles. The maximum atomic E-state index is 14.5. The molecule has 4 rings (SSSR count). The van der Waals surface area contributed by atoms with E-state index < -0.39 is 18.0 Å². The molecule has 2 aromatic rings. The molecule has 2 aliphatic rings. The number of amidine groups is 1. The van der Waals surface area contributed by atoms with E-state index in [0.29, 0.717) is 42.4 Å². The van der Waals surface area contributed by atoms with Crippen LogP contribution in [0.5, 0.6) is 5.88 Å². The first kappa shape index (κ1) is 28.1. The molecule has 3 heterocycles. The molecular formula is C27H34FN7O4. The summed E-state index contributed by atoms with van der Waals surface area (Å²) in [5.41, 5.74) is 11.6. The third kappa shape index (κ3) is 6.40. The summed E-state index contributed by atoms with van der Waals surface area (Å²) < 4.78 is 24.9. The number of guanidine groups is 1. The van der Waals surface area contributed by atoms with Gasteiger partial charge < -0.3 is 20.1 Å². The first-order valence-electron chi connectivity index (χ1n) is 12.6. The van der Waals surface area contributed by atoms with Crippen LogP contribution in [0.15, 0.2) is 51.4 Å². The number of aromatic nitrogens is 1. The van der Waals surface area contributed by atoms with Crippen molar-refractivity contribution in [1.82, 2.24) is 15.4 Å². The molecule has 0 saturated heterocycles. The molecule has 0 saturated carbocycles. The number of ether oxygens (including phenoxy) is 2. The number of pyridine rings is 1. The number of hydrogen-bond acceptors (Lipinski definition) is 10. The van der Waals surface area contributed by atoms with E-state index in [2.05, 4.69) is 20.4 Å². The lowest BCUT2D eigenvalue weighted by Gasteiger charge is -2.36. The van der Waals surface area contributed by atoms with Crippen LogP contribution < -0.4 is 16.0 Å². The summed E-state index contributed by atoms with van der Waals surface area (Å²) >= 11 is 0. The van der Waals surface area contributed by atoms with Crippen LogP contribution in [0.4, 0.5) is 4.39 Å². The zero-order chi connectivity index (χ0) is 28.1. The number of nitrogens with two attached hydrogens (primary N) is 1. The van der Waals surface area contributed by atoms with Crippen molar-refractivity contribution in [3.8, 4) is 17.1 Å². The van der Waals surface area contributed by atoms with Crippen LogP contribution in [0.2, 0.25) is 0 Å². The van der Waals surface area contributed by atoms with Gasteiger partial charge in [-0.2, -0.15) is 0 Å². The number of carbonyl (C=O) groups is 1. The Balaban J connectivity index is 1.73. The summed E-state index contributed by atoms with van der Waals surface area (Å²) in [6, 6.07) is 9.11. The second-order valence-electron chi connectivity index (χ2n) is 9.57. The zero-order valence-corrected chi connectivity index (χ0v) is 22.7. The van der Waals surface area contributed by atoms with Crippen molar-refractivity contribution in [2.24, 2.45) is 26.6 Å². The van der Waals surface area contributed by atoms with Gasteiger partial charge in [0.15, 0.2) is 6.10 Å². The lowest BCUT2D eigenvalue weighted by Crippen LogP contribution is -2.49. The number of carbonyl (C=O) groups excluding carboxylic acids is 1. The Kier molecular flexibility index (Phi) is 8.87. The summed E-state index contributed by atoms with van der Waals surface area (Å²) in [6.45, 7) is 2.19. The summed E-state index contributed by atoms with van der Waals surface area (Å²) in [6.07, 6.45) is 0.0290. The Morgan fingerprint density at radius 1 is 1.23 bits per heavy atom. The largest absolute Gasteiger partial charge is 0.481 e. The van der Waals surface area contributed by atoms with Crippen molar-refractivity contribution >= 4 is 23.4 Å². The molecule has 1 amide bonds. The van der Waals surface area contributed by atoms with Gasteiger partial charge in [-0.3, -0.25) is 20.1 Å². The number of nitrogens with one attached hydrogen (secondary N) is 1. The molecule has 0 spiro atoms. The number of benzene rings is 1. The third-order valence-corrected chi connectivity index (χ3v) is 6.67. The fraction of sp³-hybridized carbons (Fsp3) is 0.444. The molecule has 11 nitrogen and oxygen atoms in total. The van der Waals surface area contributed by atoms with Crippen molar-refractivity contribution in [3.63, 3.8) is 0 Å². The first-order valence-corrected chi connectivity index (χ1v) is 12.6. The van der Waals surface area contributed by atoms with E-state index in [0.717, 1.165) is 11.3 Å². The van der Waals surface area contributed by atoms with Crippen LogP contribution in [0.25, 0.3) is 11.3 Å². The summed E-state index contributed by atoms with van der Waals surface area (Å²) in [5.74, 6) is 0.106. The highest BCUT2D eigenvalue weighted by molar-refractivity contribution is 6.11. The third-order valence-electron chi connectivity index (χ3n) is 6.67. The van der Waals surface area contributed by atoms with Crippen molar-refractivity contribution in [2.45, 2.75) is 38.0 Å². The molecule has 3 unspecified atom stereocenters. The summed E-state index contributed by atoms with van der Waals surface area (Å²) in [5, 5.41) is 0. The number of fused-ring (bicyclic) bond motifs is 1. The molecule has 0 aliphatic carbocycles. The van der Waals surface area contributed by atoms with Gasteiger partial charge in [-0.1, -0.05) is 12.1 Å². The number of hydroxylamine groups is 1. The smallest absolute Gasteiger partial charge is 0.254 e. The fourth-order valence-electron chi connectivity index (χ4n) is 4.78. The van der Waals surface area contributed by atoms with E-state index in [-0.39, 0.29) is 23.8 Å². The molecule has 3 N–H and O–H groups in total. The van der Waals surface area contributed by atoms with Crippen molar-refractivity contribution in [2.75, 3.05) is 34.9 Å². The normalized spacial score (nSPS) is 21.2. The number of methoxy groups -OCH3 is 2. The molecule has 0 bridgehead atoms. The van der Waals surface area contributed by atoms with Gasteiger partial charge >= 0.3 is 0 Å². The average molecular weight is 540 g/mol. The van der Waals surface area contributed by atoms with Crippen LogP contribution in [0, 0.1) is 11.7 Å². The SMILES string of the molecule is COCCC(ONC1=NC(c2ccc(F)cc2-c2cccc(OC)n2)C[C@H]2N=C(N)N=C(C)C12)C(=O)N(C)C. The lowest BCUT2D eigenvalue weighted by molar-refractivity contribution is -0.145. The van der Waals surface area contributed by atoms with E-state index >= 15 is 0 Å². The van der Waals surface area contributed by atoms with Crippen LogP contribution >= 0.6 is 0 Å². The maximum Gasteiger partial charge on any atom is 0.254 e. The highest BCUT2D eigenvalue weighted by Crippen LogP contribution is 2.39.